The van der Waals surface area contributed by atoms with Gasteiger partial charge < -0.3 is 15.5 Å². The second-order valence-electron chi connectivity index (χ2n) is 8.70. The molecule has 3 unspecified atom stereocenters. The van der Waals surface area contributed by atoms with Gasteiger partial charge in [0.25, 0.3) is 5.91 Å². The summed E-state index contributed by atoms with van der Waals surface area (Å²) in [4.78, 5) is 31.0. The predicted octanol–water partition coefficient (Wildman–Crippen LogP) is 2.71. The number of guanidine groups is 1. The van der Waals surface area contributed by atoms with Crippen LogP contribution in [0.5, 0.6) is 0 Å². The van der Waals surface area contributed by atoms with E-state index in [4.69, 9.17) is 4.99 Å². The van der Waals surface area contributed by atoms with Crippen LogP contribution in [0.25, 0.3) is 0 Å². The van der Waals surface area contributed by atoms with Crippen LogP contribution in [0, 0.1) is 17.8 Å². The van der Waals surface area contributed by atoms with Crippen molar-refractivity contribution in [3.63, 3.8) is 0 Å². The minimum Gasteiger partial charge on any atom is -0.357 e. The second-order valence-corrected chi connectivity index (χ2v) is 8.70. The lowest BCUT2D eigenvalue weighted by molar-refractivity contribution is -0.125. The largest absolute Gasteiger partial charge is 0.357 e. The molecule has 0 spiro atoms. The Morgan fingerprint density at radius 1 is 1.25 bits per heavy atom. The molecule has 1 aliphatic carbocycles. The molecule has 3 fully saturated rings. The lowest BCUT2D eigenvalue weighted by Crippen LogP contribution is -2.55. The van der Waals surface area contributed by atoms with E-state index in [1.807, 2.05) is 6.92 Å². The summed E-state index contributed by atoms with van der Waals surface area (Å²) in [6.07, 6.45) is 7.01. The summed E-state index contributed by atoms with van der Waals surface area (Å²) in [5.74, 6) is 2.49. The Balaban J connectivity index is 0.00000280. The number of nitrogens with one attached hydrogen (secondary N) is 3. The fourth-order valence-corrected chi connectivity index (χ4v) is 4.88. The molecule has 3 amide bonds. The third kappa shape index (κ3) is 5.30. The van der Waals surface area contributed by atoms with Crippen LogP contribution in [0.1, 0.15) is 59.3 Å². The maximum atomic E-state index is 12.2. The summed E-state index contributed by atoms with van der Waals surface area (Å²) in [6, 6.07) is -0.374. The van der Waals surface area contributed by atoms with Gasteiger partial charge in [-0.3, -0.25) is 15.1 Å². The first kappa shape index (κ1) is 23.2. The Morgan fingerprint density at radius 2 is 1.96 bits per heavy atom. The fraction of sp³-hybridized carbons (Fsp3) is 0.850. The van der Waals surface area contributed by atoms with Gasteiger partial charge in [0.05, 0.1) is 0 Å². The quantitative estimate of drug-likeness (QED) is 0.238. The molecule has 2 heterocycles. The molecule has 0 aromatic rings. The van der Waals surface area contributed by atoms with Crippen molar-refractivity contribution in [3.05, 3.63) is 0 Å². The second kappa shape index (κ2) is 10.1. The highest BCUT2D eigenvalue weighted by atomic mass is 127. The van der Waals surface area contributed by atoms with Crippen LogP contribution in [-0.2, 0) is 4.79 Å². The lowest BCUT2D eigenvalue weighted by Gasteiger charge is -2.40. The van der Waals surface area contributed by atoms with Crippen molar-refractivity contribution in [1.82, 2.24) is 20.9 Å². The molecule has 8 heteroatoms. The number of hydrogen-bond acceptors (Lipinski definition) is 3. The van der Waals surface area contributed by atoms with E-state index >= 15 is 0 Å². The van der Waals surface area contributed by atoms with Gasteiger partial charge in [-0.05, 0) is 57.3 Å². The number of nitrogens with zero attached hydrogens (tertiary/aromatic N) is 2. The maximum absolute atomic E-state index is 12.2. The van der Waals surface area contributed by atoms with Gasteiger partial charge in [0.1, 0.15) is 5.54 Å². The predicted molar refractivity (Wildman–Crippen MR) is 122 cm³/mol. The zero-order chi connectivity index (χ0) is 19.4. The summed E-state index contributed by atoms with van der Waals surface area (Å²) >= 11 is 0. The summed E-state index contributed by atoms with van der Waals surface area (Å²) < 4.78 is 0. The minimum atomic E-state index is -0.781. The zero-order valence-corrected chi connectivity index (χ0v) is 19.8. The van der Waals surface area contributed by atoms with E-state index < -0.39 is 5.54 Å². The molecule has 0 aromatic heterocycles. The molecule has 0 bridgehead atoms. The Morgan fingerprint density at radius 3 is 2.54 bits per heavy atom. The van der Waals surface area contributed by atoms with Crippen LogP contribution in [0.2, 0.25) is 0 Å². The van der Waals surface area contributed by atoms with E-state index in [0.717, 1.165) is 50.9 Å². The van der Waals surface area contributed by atoms with Gasteiger partial charge in [-0.15, -0.1) is 24.0 Å². The molecular formula is C20H36IN5O2. The summed E-state index contributed by atoms with van der Waals surface area (Å²) in [5, 5.41) is 8.65. The van der Waals surface area contributed by atoms with Crippen molar-refractivity contribution >= 4 is 41.9 Å². The van der Waals surface area contributed by atoms with Crippen LogP contribution < -0.4 is 16.0 Å². The Hall–Kier alpha value is -1.06. The Labute approximate surface area is 185 Å². The van der Waals surface area contributed by atoms with Crippen molar-refractivity contribution in [2.45, 2.75) is 64.8 Å². The molecule has 1 saturated carbocycles. The molecule has 0 radical (unpaired) electrons. The van der Waals surface area contributed by atoms with Gasteiger partial charge in [0.15, 0.2) is 5.96 Å². The van der Waals surface area contributed by atoms with Crippen molar-refractivity contribution < 1.29 is 9.59 Å². The molecule has 3 N–H and O–H groups in total. The highest BCUT2D eigenvalue weighted by molar-refractivity contribution is 14.0. The third-order valence-corrected chi connectivity index (χ3v) is 6.56. The molecule has 160 valence electrons. The summed E-state index contributed by atoms with van der Waals surface area (Å²) in [7, 11) is 0. The smallest absolute Gasteiger partial charge is 0.322 e. The average Bonchev–Trinajstić information content (AvgIpc) is 2.91. The standard InChI is InChI=1S/C20H35N5O2.HI/c1-4-21-18(22-13-15-7-5-6-14(2)12-15)25-10-8-16(9-11-25)20(3)17(26)23-19(27)24-20;/h14-16H,4-13H2,1-3H3,(H,21,22)(H2,23,24,26,27);1H. The van der Waals surface area contributed by atoms with Gasteiger partial charge in [0, 0.05) is 26.2 Å². The number of piperidine rings is 1. The number of halogens is 1. The highest BCUT2D eigenvalue weighted by Crippen LogP contribution is 2.31. The molecule has 3 aliphatic rings. The first-order chi connectivity index (χ1) is 12.9. The highest BCUT2D eigenvalue weighted by Gasteiger charge is 2.48. The molecule has 28 heavy (non-hydrogen) atoms. The Kier molecular flexibility index (Phi) is 8.39. The van der Waals surface area contributed by atoms with E-state index in [1.165, 1.54) is 25.7 Å². The molecule has 3 rings (SSSR count). The van der Waals surface area contributed by atoms with E-state index in [2.05, 4.69) is 34.7 Å². The first-order valence-electron chi connectivity index (χ1n) is 10.6. The number of aliphatic imine (C=N–C) groups is 1. The van der Waals surface area contributed by atoms with Gasteiger partial charge in [-0.1, -0.05) is 19.8 Å². The fourth-order valence-electron chi connectivity index (χ4n) is 4.88. The van der Waals surface area contributed by atoms with E-state index in [0.29, 0.717) is 5.92 Å². The minimum absolute atomic E-state index is 0. The van der Waals surface area contributed by atoms with Crippen LogP contribution in [-0.4, -0.2) is 54.5 Å². The Bertz CT molecular complexity index is 591. The topological polar surface area (TPSA) is 85.8 Å². The average molecular weight is 505 g/mol. The van der Waals surface area contributed by atoms with Crippen LogP contribution >= 0.6 is 24.0 Å². The number of carbonyl (C=O) groups is 2. The van der Waals surface area contributed by atoms with Gasteiger partial charge in [0.2, 0.25) is 0 Å². The van der Waals surface area contributed by atoms with Crippen LogP contribution in [0.3, 0.4) is 0 Å². The monoisotopic (exact) mass is 505 g/mol. The zero-order valence-electron chi connectivity index (χ0n) is 17.4. The van der Waals surface area contributed by atoms with E-state index in [1.54, 1.807) is 0 Å². The van der Waals surface area contributed by atoms with E-state index in [9.17, 15) is 9.59 Å². The van der Waals surface area contributed by atoms with Crippen molar-refractivity contribution in [2.75, 3.05) is 26.2 Å². The number of imide groups is 1. The molecule has 0 aromatic carbocycles. The van der Waals surface area contributed by atoms with Crippen molar-refractivity contribution in [1.29, 1.82) is 0 Å². The maximum Gasteiger partial charge on any atom is 0.322 e. The SMILES string of the molecule is CCNC(=NCC1CCCC(C)C1)N1CCC(C2(C)NC(=O)NC2=O)CC1.I. The van der Waals surface area contributed by atoms with E-state index in [-0.39, 0.29) is 41.8 Å². The number of hydrogen-bond donors (Lipinski definition) is 3. The molecular weight excluding hydrogens is 469 g/mol. The molecule has 2 saturated heterocycles. The summed E-state index contributed by atoms with van der Waals surface area (Å²) in [5.41, 5.74) is -0.781. The third-order valence-electron chi connectivity index (χ3n) is 6.56. The number of carbonyl (C=O) groups excluding carboxylic acids is 2. The lowest BCUT2D eigenvalue weighted by atomic mass is 9.79. The normalized spacial score (nSPS) is 31.8. The van der Waals surface area contributed by atoms with Gasteiger partial charge >= 0.3 is 6.03 Å². The summed E-state index contributed by atoms with van der Waals surface area (Å²) in [6.45, 7) is 9.78. The van der Waals surface area contributed by atoms with Crippen molar-refractivity contribution in [3.8, 4) is 0 Å². The molecule has 7 nitrogen and oxygen atoms in total. The first-order valence-corrected chi connectivity index (χ1v) is 10.6. The number of likely N-dealkylation sites (tertiary alicyclic amines) is 1. The number of urea groups is 1. The van der Waals surface area contributed by atoms with Crippen LogP contribution in [0.4, 0.5) is 4.79 Å². The number of rotatable bonds is 4. The van der Waals surface area contributed by atoms with Crippen LogP contribution in [0.15, 0.2) is 4.99 Å². The van der Waals surface area contributed by atoms with Gasteiger partial charge in [-0.2, -0.15) is 0 Å². The molecule has 2 aliphatic heterocycles. The van der Waals surface area contributed by atoms with Gasteiger partial charge in [-0.25, -0.2) is 4.79 Å². The molecule has 3 atom stereocenters. The van der Waals surface area contributed by atoms with Crippen molar-refractivity contribution in [2.24, 2.45) is 22.7 Å². The number of amides is 3.